The van der Waals surface area contributed by atoms with Gasteiger partial charge in [-0.2, -0.15) is 0 Å². The van der Waals surface area contributed by atoms with E-state index in [4.69, 9.17) is 9.15 Å². The van der Waals surface area contributed by atoms with Crippen molar-refractivity contribution in [2.75, 3.05) is 14.2 Å². The Morgan fingerprint density at radius 2 is 2.06 bits per heavy atom. The Balaban J connectivity index is 2.51. The van der Waals surface area contributed by atoms with E-state index >= 15 is 0 Å². The molecule has 1 atom stereocenters. The molecule has 0 saturated carbocycles. The highest BCUT2D eigenvalue weighted by atomic mass is 79.9. The Morgan fingerprint density at radius 1 is 1.28 bits per heavy atom. The molecule has 0 fully saturated rings. The summed E-state index contributed by atoms with van der Waals surface area (Å²) < 4.78 is 11.5. The standard InChI is InChI=1S/C14H16BrNO2/c1-9-4-5-12(17-3)11(8-9)13(16-2)10-6-7-18-14(10)15/h4-8,13,16H,1-3H3. The fraction of sp³-hybridized carbons (Fsp3) is 0.286. The Hall–Kier alpha value is -1.26. The summed E-state index contributed by atoms with van der Waals surface area (Å²) in [5, 5.41) is 3.29. The van der Waals surface area contributed by atoms with Crippen molar-refractivity contribution >= 4 is 15.9 Å². The highest BCUT2D eigenvalue weighted by molar-refractivity contribution is 9.10. The lowest BCUT2D eigenvalue weighted by Crippen LogP contribution is -2.18. The topological polar surface area (TPSA) is 34.4 Å². The molecule has 0 aliphatic carbocycles. The zero-order chi connectivity index (χ0) is 13.1. The van der Waals surface area contributed by atoms with Crippen LogP contribution >= 0.6 is 15.9 Å². The fourth-order valence-electron chi connectivity index (χ4n) is 2.07. The number of rotatable bonds is 4. The second-order valence-corrected chi connectivity index (χ2v) is 4.84. The molecule has 1 heterocycles. The minimum Gasteiger partial charge on any atom is -0.496 e. The maximum Gasteiger partial charge on any atom is 0.174 e. The largest absolute Gasteiger partial charge is 0.496 e. The lowest BCUT2D eigenvalue weighted by Gasteiger charge is -2.19. The highest BCUT2D eigenvalue weighted by Crippen LogP contribution is 2.34. The van der Waals surface area contributed by atoms with Crippen molar-refractivity contribution in [1.82, 2.24) is 5.32 Å². The molecule has 0 aliphatic rings. The molecule has 3 nitrogen and oxygen atoms in total. The molecule has 0 saturated heterocycles. The van der Waals surface area contributed by atoms with Crippen LogP contribution in [-0.4, -0.2) is 14.2 Å². The summed E-state index contributed by atoms with van der Waals surface area (Å²) in [5.41, 5.74) is 3.36. The van der Waals surface area contributed by atoms with E-state index in [1.807, 2.05) is 25.2 Å². The molecule has 1 aromatic heterocycles. The van der Waals surface area contributed by atoms with E-state index in [0.29, 0.717) is 0 Å². The zero-order valence-corrected chi connectivity index (χ0v) is 12.2. The van der Waals surface area contributed by atoms with E-state index in [-0.39, 0.29) is 6.04 Å². The van der Waals surface area contributed by atoms with Crippen molar-refractivity contribution in [3.63, 3.8) is 0 Å². The average molecular weight is 310 g/mol. The summed E-state index contributed by atoms with van der Waals surface area (Å²) in [6, 6.07) is 8.14. The minimum atomic E-state index is 0.0352. The molecular weight excluding hydrogens is 294 g/mol. The molecule has 4 heteroatoms. The van der Waals surface area contributed by atoms with E-state index in [1.165, 1.54) is 5.56 Å². The van der Waals surface area contributed by atoms with Gasteiger partial charge in [0.15, 0.2) is 4.67 Å². The summed E-state index contributed by atoms with van der Waals surface area (Å²) in [4.78, 5) is 0. The van der Waals surface area contributed by atoms with E-state index in [9.17, 15) is 0 Å². The number of methoxy groups -OCH3 is 1. The Morgan fingerprint density at radius 3 is 2.61 bits per heavy atom. The third-order valence-electron chi connectivity index (χ3n) is 2.94. The maximum atomic E-state index is 5.44. The molecule has 1 unspecified atom stereocenters. The van der Waals surface area contributed by atoms with Crippen molar-refractivity contribution in [1.29, 1.82) is 0 Å². The van der Waals surface area contributed by atoms with Gasteiger partial charge in [0.1, 0.15) is 5.75 Å². The second kappa shape index (κ2) is 5.59. The summed E-state index contributed by atoms with van der Waals surface area (Å²) in [5.74, 6) is 0.869. The third-order valence-corrected chi connectivity index (χ3v) is 3.59. The molecule has 18 heavy (non-hydrogen) atoms. The van der Waals surface area contributed by atoms with E-state index in [0.717, 1.165) is 21.5 Å². The number of hydrogen-bond acceptors (Lipinski definition) is 3. The van der Waals surface area contributed by atoms with Crippen LogP contribution in [0.5, 0.6) is 5.75 Å². The van der Waals surface area contributed by atoms with Gasteiger partial charge in [-0.05, 0) is 42.0 Å². The number of ether oxygens (including phenoxy) is 1. The Labute approximate surface area is 115 Å². The van der Waals surface area contributed by atoms with Gasteiger partial charge in [0.25, 0.3) is 0 Å². The normalized spacial score (nSPS) is 12.4. The highest BCUT2D eigenvalue weighted by Gasteiger charge is 2.20. The summed E-state index contributed by atoms with van der Waals surface area (Å²) in [6.45, 7) is 2.07. The van der Waals surface area contributed by atoms with Gasteiger partial charge >= 0.3 is 0 Å². The number of aryl methyl sites for hydroxylation is 1. The minimum absolute atomic E-state index is 0.0352. The molecule has 0 bridgehead atoms. The molecule has 0 radical (unpaired) electrons. The lowest BCUT2D eigenvalue weighted by molar-refractivity contribution is 0.405. The molecule has 0 aliphatic heterocycles. The smallest absolute Gasteiger partial charge is 0.174 e. The molecule has 2 aromatic rings. The first-order valence-electron chi connectivity index (χ1n) is 5.72. The Bertz CT molecular complexity index is 536. The third kappa shape index (κ3) is 2.44. The van der Waals surface area contributed by atoms with Gasteiger partial charge in [-0.15, -0.1) is 0 Å². The molecule has 0 spiro atoms. The molecule has 1 aromatic carbocycles. The predicted octanol–water partition coefficient (Wildman–Crippen LogP) is 3.67. The summed E-state index contributed by atoms with van der Waals surface area (Å²) in [6.07, 6.45) is 1.67. The first kappa shape index (κ1) is 13.2. The van der Waals surface area contributed by atoms with Gasteiger partial charge < -0.3 is 14.5 Å². The van der Waals surface area contributed by atoms with Gasteiger partial charge in [-0.25, -0.2) is 0 Å². The van der Waals surface area contributed by atoms with Gasteiger partial charge in [0, 0.05) is 11.1 Å². The van der Waals surface area contributed by atoms with E-state index < -0.39 is 0 Å². The zero-order valence-electron chi connectivity index (χ0n) is 10.7. The lowest BCUT2D eigenvalue weighted by atomic mass is 9.98. The van der Waals surface area contributed by atoms with Crippen LogP contribution in [0.2, 0.25) is 0 Å². The SMILES string of the molecule is CNC(c1cc(C)ccc1OC)c1ccoc1Br. The number of halogens is 1. The van der Waals surface area contributed by atoms with Crippen molar-refractivity contribution in [3.8, 4) is 5.75 Å². The van der Waals surface area contributed by atoms with Crippen molar-refractivity contribution in [2.24, 2.45) is 0 Å². The van der Waals surface area contributed by atoms with Crippen molar-refractivity contribution in [2.45, 2.75) is 13.0 Å². The molecule has 1 N–H and O–H groups in total. The summed E-state index contributed by atoms with van der Waals surface area (Å²) >= 11 is 3.42. The van der Waals surface area contributed by atoms with Gasteiger partial charge in [-0.1, -0.05) is 17.7 Å². The van der Waals surface area contributed by atoms with Crippen LogP contribution in [0.3, 0.4) is 0 Å². The van der Waals surface area contributed by atoms with Crippen LogP contribution in [0, 0.1) is 6.92 Å². The molecule has 2 rings (SSSR count). The number of nitrogens with one attached hydrogen (secondary N) is 1. The van der Waals surface area contributed by atoms with Crippen LogP contribution in [0.1, 0.15) is 22.7 Å². The molecule has 0 amide bonds. The monoisotopic (exact) mass is 309 g/mol. The predicted molar refractivity (Wildman–Crippen MR) is 75.0 cm³/mol. The van der Waals surface area contributed by atoms with Crippen LogP contribution in [0.15, 0.2) is 39.6 Å². The number of benzene rings is 1. The Kier molecular flexibility index (Phi) is 4.09. The van der Waals surface area contributed by atoms with Gasteiger partial charge in [-0.3, -0.25) is 0 Å². The number of furan rings is 1. The summed E-state index contributed by atoms with van der Waals surface area (Å²) in [7, 11) is 3.61. The molecular formula is C14H16BrNO2. The maximum absolute atomic E-state index is 5.44. The van der Waals surface area contributed by atoms with Gasteiger partial charge in [0.2, 0.25) is 0 Å². The van der Waals surface area contributed by atoms with Crippen molar-refractivity contribution in [3.05, 3.63) is 51.9 Å². The van der Waals surface area contributed by atoms with Gasteiger partial charge in [0.05, 0.1) is 19.4 Å². The van der Waals surface area contributed by atoms with Crippen LogP contribution in [-0.2, 0) is 0 Å². The van der Waals surface area contributed by atoms with Crippen LogP contribution < -0.4 is 10.1 Å². The quantitative estimate of drug-likeness (QED) is 0.935. The number of hydrogen-bond donors (Lipinski definition) is 1. The molecule has 96 valence electrons. The van der Waals surface area contributed by atoms with Crippen molar-refractivity contribution < 1.29 is 9.15 Å². The first-order valence-corrected chi connectivity index (χ1v) is 6.51. The van der Waals surface area contributed by atoms with E-state index in [1.54, 1.807) is 13.4 Å². The fourth-order valence-corrected chi connectivity index (χ4v) is 2.54. The average Bonchev–Trinajstić information content (AvgIpc) is 2.77. The van der Waals surface area contributed by atoms with E-state index in [2.05, 4.69) is 34.2 Å². The second-order valence-electron chi connectivity index (χ2n) is 4.12. The first-order chi connectivity index (χ1) is 8.67. The van der Waals surface area contributed by atoms with Crippen LogP contribution in [0.4, 0.5) is 0 Å². The van der Waals surface area contributed by atoms with Crippen LogP contribution in [0.25, 0.3) is 0 Å².